The van der Waals surface area contributed by atoms with Gasteiger partial charge >= 0.3 is 6.61 Å². The van der Waals surface area contributed by atoms with Gasteiger partial charge in [-0.25, -0.2) is 0 Å². The van der Waals surface area contributed by atoms with Crippen LogP contribution >= 0.6 is 0 Å². The van der Waals surface area contributed by atoms with Gasteiger partial charge in [0.25, 0.3) is 0 Å². The summed E-state index contributed by atoms with van der Waals surface area (Å²) >= 11 is 0. The van der Waals surface area contributed by atoms with Crippen LogP contribution in [0.1, 0.15) is 18.9 Å². The van der Waals surface area contributed by atoms with E-state index in [1.165, 1.54) is 19.2 Å². The highest BCUT2D eigenvalue weighted by Crippen LogP contribution is 2.30. The first-order chi connectivity index (χ1) is 8.60. The van der Waals surface area contributed by atoms with Gasteiger partial charge in [0.1, 0.15) is 6.29 Å². The van der Waals surface area contributed by atoms with Gasteiger partial charge < -0.3 is 9.47 Å². The van der Waals surface area contributed by atoms with Crippen molar-refractivity contribution in [2.24, 2.45) is 0 Å². The molecule has 0 bridgehead atoms. The van der Waals surface area contributed by atoms with Crippen molar-refractivity contribution in [3.05, 3.63) is 29.3 Å². The lowest BCUT2D eigenvalue weighted by molar-refractivity contribution is -0.104. The zero-order chi connectivity index (χ0) is 13.5. The van der Waals surface area contributed by atoms with E-state index in [4.69, 9.17) is 4.74 Å². The van der Waals surface area contributed by atoms with Crippen molar-refractivity contribution < 1.29 is 23.0 Å². The second kappa shape index (κ2) is 6.74. The van der Waals surface area contributed by atoms with Gasteiger partial charge in [0, 0.05) is 0 Å². The van der Waals surface area contributed by atoms with Crippen molar-refractivity contribution in [1.29, 1.82) is 0 Å². The molecule has 0 saturated heterocycles. The van der Waals surface area contributed by atoms with E-state index < -0.39 is 6.61 Å². The van der Waals surface area contributed by atoms with Gasteiger partial charge in [0.05, 0.1) is 7.11 Å². The van der Waals surface area contributed by atoms with Crippen LogP contribution in [-0.2, 0) is 4.79 Å². The normalized spacial score (nSPS) is 11.5. The van der Waals surface area contributed by atoms with Gasteiger partial charge in [0.2, 0.25) is 0 Å². The highest BCUT2D eigenvalue weighted by molar-refractivity contribution is 5.81. The maximum Gasteiger partial charge on any atom is 0.387 e. The number of allylic oxidation sites excluding steroid dienone is 1. The molecule has 0 aliphatic carbocycles. The molecule has 98 valence electrons. The second-order valence-electron chi connectivity index (χ2n) is 3.48. The highest BCUT2D eigenvalue weighted by atomic mass is 19.3. The number of hydrogen-bond acceptors (Lipinski definition) is 3. The first kappa shape index (κ1) is 14.2. The molecule has 0 saturated carbocycles. The number of carbonyl (C=O) groups is 1. The van der Waals surface area contributed by atoms with E-state index in [1.807, 2.05) is 6.92 Å². The molecule has 0 amide bonds. The fraction of sp³-hybridized carbons (Fsp3) is 0.308. The zero-order valence-electron chi connectivity index (χ0n) is 10.2. The maximum atomic E-state index is 12.1. The van der Waals surface area contributed by atoms with Crippen LogP contribution in [0.3, 0.4) is 0 Å². The van der Waals surface area contributed by atoms with Gasteiger partial charge in [-0.1, -0.05) is 13.0 Å². The Morgan fingerprint density at radius 2 is 2.11 bits per heavy atom. The van der Waals surface area contributed by atoms with Gasteiger partial charge in [-0.05, 0) is 35.8 Å². The number of methoxy groups -OCH3 is 1. The van der Waals surface area contributed by atoms with Crippen molar-refractivity contribution >= 4 is 12.4 Å². The third kappa shape index (κ3) is 3.84. The number of ether oxygens (including phenoxy) is 2. The summed E-state index contributed by atoms with van der Waals surface area (Å²) in [7, 11) is 1.36. The summed E-state index contributed by atoms with van der Waals surface area (Å²) in [6.45, 7) is -1.05. The van der Waals surface area contributed by atoms with E-state index in [2.05, 4.69) is 4.74 Å². The van der Waals surface area contributed by atoms with Crippen LogP contribution in [0, 0.1) is 0 Å². The van der Waals surface area contributed by atoms with Crippen molar-refractivity contribution in [2.45, 2.75) is 20.0 Å². The number of carbonyl (C=O) groups excluding carboxylic acids is 1. The van der Waals surface area contributed by atoms with Gasteiger partial charge in [-0.2, -0.15) is 8.78 Å². The third-order valence-corrected chi connectivity index (χ3v) is 2.32. The number of benzene rings is 1. The molecule has 0 aliphatic heterocycles. The molecule has 0 atom stereocenters. The minimum absolute atomic E-state index is 0.0335. The average Bonchev–Trinajstić information content (AvgIpc) is 2.36. The molecule has 1 aromatic carbocycles. The number of hydrogen-bond donors (Lipinski definition) is 0. The third-order valence-electron chi connectivity index (χ3n) is 2.32. The molecule has 0 heterocycles. The summed E-state index contributed by atoms with van der Waals surface area (Å²) in [6.07, 6.45) is 3.03. The van der Waals surface area contributed by atoms with Crippen LogP contribution in [0.15, 0.2) is 23.8 Å². The number of alkyl halides is 2. The summed E-state index contributed by atoms with van der Waals surface area (Å²) in [6, 6.07) is 4.51. The lowest BCUT2D eigenvalue weighted by atomic mass is 10.1. The molecule has 0 unspecified atom stereocenters. The SMILES string of the molecule is CCC(C=O)=Cc1ccc(OC(F)F)c(OC)c1. The first-order valence-corrected chi connectivity index (χ1v) is 5.39. The molecular formula is C13H14F2O3. The van der Waals surface area contributed by atoms with Crippen molar-refractivity contribution in [3.63, 3.8) is 0 Å². The van der Waals surface area contributed by atoms with E-state index >= 15 is 0 Å². The van der Waals surface area contributed by atoms with Crippen LogP contribution in [0.5, 0.6) is 11.5 Å². The van der Waals surface area contributed by atoms with Crippen molar-refractivity contribution in [1.82, 2.24) is 0 Å². The lowest BCUT2D eigenvalue weighted by Crippen LogP contribution is -2.03. The average molecular weight is 256 g/mol. The molecule has 3 nitrogen and oxygen atoms in total. The van der Waals surface area contributed by atoms with E-state index in [0.29, 0.717) is 17.6 Å². The molecule has 0 fully saturated rings. The predicted molar refractivity (Wildman–Crippen MR) is 64.0 cm³/mol. The van der Waals surface area contributed by atoms with Crippen LogP contribution in [-0.4, -0.2) is 20.0 Å². The first-order valence-electron chi connectivity index (χ1n) is 5.39. The summed E-state index contributed by atoms with van der Waals surface area (Å²) in [4.78, 5) is 10.7. The standard InChI is InChI=1S/C13H14F2O3/c1-3-9(8-16)6-10-4-5-11(18-13(14)15)12(7-10)17-2/h4-8,13H,3H2,1-2H3. The Labute approximate surface area is 104 Å². The molecule has 1 aromatic rings. The molecule has 18 heavy (non-hydrogen) atoms. The fourth-order valence-corrected chi connectivity index (χ4v) is 1.40. The Morgan fingerprint density at radius 3 is 2.61 bits per heavy atom. The second-order valence-corrected chi connectivity index (χ2v) is 3.48. The highest BCUT2D eigenvalue weighted by Gasteiger charge is 2.10. The molecule has 0 N–H and O–H groups in total. The van der Waals surface area contributed by atoms with E-state index in [0.717, 1.165) is 6.29 Å². The molecule has 0 aliphatic rings. The smallest absolute Gasteiger partial charge is 0.387 e. The summed E-state index contributed by atoms with van der Waals surface area (Å²) in [5.74, 6) is 0.166. The lowest BCUT2D eigenvalue weighted by Gasteiger charge is -2.10. The van der Waals surface area contributed by atoms with Crippen LogP contribution in [0.4, 0.5) is 8.78 Å². The fourth-order valence-electron chi connectivity index (χ4n) is 1.40. The molecule has 0 spiro atoms. The van der Waals surface area contributed by atoms with Gasteiger partial charge in [-0.3, -0.25) is 4.79 Å². The number of rotatable bonds is 6. The summed E-state index contributed by atoms with van der Waals surface area (Å²) < 4.78 is 33.5. The quantitative estimate of drug-likeness (QED) is 0.578. The Bertz CT molecular complexity index is 442. The Kier molecular flexibility index (Phi) is 5.30. The minimum atomic E-state index is -2.90. The monoisotopic (exact) mass is 256 g/mol. The molecule has 0 radical (unpaired) electrons. The number of aldehydes is 1. The molecule has 5 heteroatoms. The van der Waals surface area contributed by atoms with Crippen molar-refractivity contribution in [2.75, 3.05) is 7.11 Å². The van der Waals surface area contributed by atoms with E-state index in [9.17, 15) is 13.6 Å². The number of halogens is 2. The van der Waals surface area contributed by atoms with Gasteiger partial charge in [-0.15, -0.1) is 0 Å². The van der Waals surface area contributed by atoms with Crippen LogP contribution < -0.4 is 9.47 Å². The van der Waals surface area contributed by atoms with Gasteiger partial charge in [0.15, 0.2) is 11.5 Å². The largest absolute Gasteiger partial charge is 0.493 e. The molecule has 0 aromatic heterocycles. The predicted octanol–water partition coefficient (Wildman–Crippen LogP) is 3.29. The molecular weight excluding hydrogens is 242 g/mol. The Balaban J connectivity index is 3.05. The summed E-state index contributed by atoms with van der Waals surface area (Å²) in [5.41, 5.74) is 1.30. The minimum Gasteiger partial charge on any atom is -0.493 e. The summed E-state index contributed by atoms with van der Waals surface area (Å²) in [5, 5.41) is 0. The van der Waals surface area contributed by atoms with Crippen molar-refractivity contribution in [3.8, 4) is 11.5 Å². The zero-order valence-corrected chi connectivity index (χ0v) is 10.2. The van der Waals surface area contributed by atoms with E-state index in [-0.39, 0.29) is 11.5 Å². The molecule has 1 rings (SSSR count). The maximum absolute atomic E-state index is 12.1. The topological polar surface area (TPSA) is 35.5 Å². The van der Waals surface area contributed by atoms with Crippen LogP contribution in [0.25, 0.3) is 6.08 Å². The Hall–Kier alpha value is -1.91. The Morgan fingerprint density at radius 1 is 1.39 bits per heavy atom. The van der Waals surface area contributed by atoms with Crippen LogP contribution in [0.2, 0.25) is 0 Å². The van der Waals surface area contributed by atoms with E-state index in [1.54, 1.807) is 12.1 Å².